The molecule has 0 saturated heterocycles. The van der Waals surface area contributed by atoms with Gasteiger partial charge in [0.1, 0.15) is 11.5 Å². The number of methoxy groups -OCH3 is 2. The van der Waals surface area contributed by atoms with Crippen molar-refractivity contribution in [2.45, 2.75) is 6.92 Å². The Labute approximate surface area is 163 Å². The largest absolute Gasteiger partial charge is 0.497 e. The predicted molar refractivity (Wildman–Crippen MR) is 104 cm³/mol. The molecule has 0 aliphatic carbocycles. The van der Waals surface area contributed by atoms with E-state index >= 15 is 0 Å². The van der Waals surface area contributed by atoms with Crippen molar-refractivity contribution in [3.05, 3.63) is 53.6 Å². The first kappa shape index (κ1) is 20.8. The van der Waals surface area contributed by atoms with Crippen molar-refractivity contribution in [1.29, 1.82) is 0 Å². The summed E-state index contributed by atoms with van der Waals surface area (Å²) in [5, 5.41) is 6.31. The van der Waals surface area contributed by atoms with Crippen molar-refractivity contribution in [2.24, 2.45) is 5.16 Å². The number of amides is 1. The van der Waals surface area contributed by atoms with Crippen LogP contribution in [0, 0.1) is 6.92 Å². The molecule has 0 saturated carbocycles. The van der Waals surface area contributed by atoms with Crippen LogP contribution in [0.1, 0.15) is 11.1 Å². The third kappa shape index (κ3) is 6.64. The van der Waals surface area contributed by atoms with Crippen molar-refractivity contribution in [2.75, 3.05) is 32.8 Å². The zero-order chi connectivity index (χ0) is 20.4. The van der Waals surface area contributed by atoms with Crippen LogP contribution in [0.25, 0.3) is 0 Å². The molecule has 0 aromatic heterocycles. The Balaban J connectivity index is 1.72. The molecular formula is C20H22N2O6. The maximum atomic E-state index is 11.9. The van der Waals surface area contributed by atoms with Gasteiger partial charge in [0.25, 0.3) is 5.91 Å². The molecular weight excluding hydrogens is 364 g/mol. The Morgan fingerprint density at radius 3 is 2.46 bits per heavy atom. The highest BCUT2D eigenvalue weighted by molar-refractivity contribution is 5.94. The van der Waals surface area contributed by atoms with Gasteiger partial charge in [0.15, 0.2) is 6.61 Å². The van der Waals surface area contributed by atoms with E-state index in [-0.39, 0.29) is 0 Å². The van der Waals surface area contributed by atoms with Gasteiger partial charge < -0.3 is 24.4 Å². The van der Waals surface area contributed by atoms with Crippen LogP contribution in [0.5, 0.6) is 11.5 Å². The molecule has 0 bridgehead atoms. The molecule has 8 heteroatoms. The minimum absolute atomic E-state index is 0.409. The molecule has 0 aliphatic rings. The monoisotopic (exact) mass is 386 g/mol. The molecule has 8 nitrogen and oxygen atoms in total. The van der Waals surface area contributed by atoms with Crippen LogP contribution in [-0.2, 0) is 19.2 Å². The average Bonchev–Trinajstić information content (AvgIpc) is 2.70. The number of nitrogens with one attached hydrogen (secondary N) is 1. The van der Waals surface area contributed by atoms with E-state index in [1.54, 1.807) is 43.5 Å². The maximum absolute atomic E-state index is 11.9. The van der Waals surface area contributed by atoms with Crippen LogP contribution in [0.2, 0.25) is 0 Å². The third-order valence-electron chi connectivity index (χ3n) is 3.57. The van der Waals surface area contributed by atoms with Crippen molar-refractivity contribution in [3.8, 4) is 11.5 Å². The molecule has 2 rings (SSSR count). The number of anilines is 1. The van der Waals surface area contributed by atoms with Gasteiger partial charge in [0.2, 0.25) is 6.61 Å². The minimum Gasteiger partial charge on any atom is -0.497 e. The Morgan fingerprint density at radius 1 is 1.04 bits per heavy atom. The number of aryl methyl sites for hydroxylation is 1. The van der Waals surface area contributed by atoms with Crippen LogP contribution in [-0.4, -0.2) is 45.5 Å². The van der Waals surface area contributed by atoms with Crippen molar-refractivity contribution < 1.29 is 28.6 Å². The standard InChI is InChI=1S/C20H22N2O6/c1-14-4-9-18(26-3)17(10-14)22-19(23)12-27-20(24)13-28-21-11-15-5-7-16(25-2)8-6-15/h4-11H,12-13H2,1-3H3,(H,22,23)/b21-11-. The van der Waals surface area contributed by atoms with E-state index in [4.69, 9.17) is 19.0 Å². The first-order valence-electron chi connectivity index (χ1n) is 8.41. The molecule has 2 aromatic rings. The lowest BCUT2D eigenvalue weighted by molar-refractivity contribution is -0.151. The summed E-state index contributed by atoms with van der Waals surface area (Å²) in [5.41, 5.74) is 2.24. The Morgan fingerprint density at radius 2 is 1.79 bits per heavy atom. The van der Waals surface area contributed by atoms with Gasteiger partial charge in [-0.2, -0.15) is 0 Å². The summed E-state index contributed by atoms with van der Waals surface area (Å²) in [6, 6.07) is 12.5. The molecule has 0 unspecified atom stereocenters. The summed E-state index contributed by atoms with van der Waals surface area (Å²) >= 11 is 0. The number of hydrogen-bond donors (Lipinski definition) is 1. The number of benzene rings is 2. The third-order valence-corrected chi connectivity index (χ3v) is 3.57. The van der Waals surface area contributed by atoms with Gasteiger partial charge in [-0.3, -0.25) is 4.79 Å². The summed E-state index contributed by atoms with van der Waals surface area (Å²) in [5.74, 6) is 0.0434. The lowest BCUT2D eigenvalue weighted by Crippen LogP contribution is -2.22. The average molecular weight is 386 g/mol. The number of rotatable bonds is 9. The Bertz CT molecular complexity index is 833. The SMILES string of the molecule is COc1ccc(/C=N\OCC(=O)OCC(=O)Nc2cc(C)ccc2OC)cc1. The number of ether oxygens (including phenoxy) is 3. The maximum Gasteiger partial charge on any atom is 0.347 e. The van der Waals surface area contributed by atoms with E-state index in [0.29, 0.717) is 11.4 Å². The fourth-order valence-corrected chi connectivity index (χ4v) is 2.17. The van der Waals surface area contributed by atoms with Gasteiger partial charge in [0, 0.05) is 0 Å². The second-order valence-corrected chi connectivity index (χ2v) is 5.69. The lowest BCUT2D eigenvalue weighted by Gasteiger charge is -2.11. The van der Waals surface area contributed by atoms with Crippen LogP contribution in [0.3, 0.4) is 0 Å². The van der Waals surface area contributed by atoms with Gasteiger partial charge in [-0.25, -0.2) is 4.79 Å². The van der Waals surface area contributed by atoms with Crippen LogP contribution >= 0.6 is 0 Å². The molecule has 2 aromatic carbocycles. The fraction of sp³-hybridized carbons (Fsp3) is 0.250. The number of hydrogen-bond acceptors (Lipinski definition) is 7. The van der Waals surface area contributed by atoms with E-state index in [0.717, 1.165) is 16.9 Å². The normalized spacial score (nSPS) is 10.4. The number of oxime groups is 1. The van der Waals surface area contributed by atoms with Gasteiger partial charge in [-0.1, -0.05) is 11.2 Å². The first-order valence-corrected chi connectivity index (χ1v) is 8.41. The molecule has 0 heterocycles. The number of carbonyl (C=O) groups is 2. The van der Waals surface area contributed by atoms with Crippen LogP contribution in [0.4, 0.5) is 5.69 Å². The lowest BCUT2D eigenvalue weighted by atomic mass is 10.2. The van der Waals surface area contributed by atoms with E-state index in [1.165, 1.54) is 13.3 Å². The van der Waals surface area contributed by atoms with E-state index in [2.05, 4.69) is 10.5 Å². The zero-order valence-corrected chi connectivity index (χ0v) is 15.9. The summed E-state index contributed by atoms with van der Waals surface area (Å²) in [4.78, 5) is 28.4. The van der Waals surface area contributed by atoms with Gasteiger partial charge in [0.05, 0.1) is 26.1 Å². The highest BCUT2D eigenvalue weighted by Gasteiger charge is 2.11. The van der Waals surface area contributed by atoms with Crippen molar-refractivity contribution in [1.82, 2.24) is 0 Å². The van der Waals surface area contributed by atoms with Crippen LogP contribution < -0.4 is 14.8 Å². The Hall–Kier alpha value is -3.55. The number of esters is 1. The molecule has 148 valence electrons. The summed E-state index contributed by atoms with van der Waals surface area (Å²) in [7, 11) is 3.08. The Kier molecular flexibility index (Phi) is 7.83. The van der Waals surface area contributed by atoms with Gasteiger partial charge >= 0.3 is 5.97 Å². The van der Waals surface area contributed by atoms with Crippen LogP contribution in [0.15, 0.2) is 47.6 Å². The van der Waals surface area contributed by atoms with Gasteiger partial charge in [-0.05, 0) is 54.4 Å². The summed E-state index contributed by atoms with van der Waals surface area (Å²) in [6.07, 6.45) is 1.45. The smallest absolute Gasteiger partial charge is 0.347 e. The molecule has 0 atom stereocenters. The quantitative estimate of drug-likeness (QED) is 0.404. The highest BCUT2D eigenvalue weighted by Crippen LogP contribution is 2.24. The summed E-state index contributed by atoms with van der Waals surface area (Å²) in [6.45, 7) is 1.04. The van der Waals surface area contributed by atoms with Crippen molar-refractivity contribution in [3.63, 3.8) is 0 Å². The number of carbonyl (C=O) groups excluding carboxylic acids is 2. The highest BCUT2D eigenvalue weighted by atomic mass is 16.7. The van der Waals surface area contributed by atoms with E-state index in [9.17, 15) is 9.59 Å². The van der Waals surface area contributed by atoms with Gasteiger partial charge in [-0.15, -0.1) is 0 Å². The van der Waals surface area contributed by atoms with E-state index in [1.807, 2.05) is 13.0 Å². The second-order valence-electron chi connectivity index (χ2n) is 5.69. The topological polar surface area (TPSA) is 95.5 Å². The number of nitrogens with zero attached hydrogens (tertiary/aromatic N) is 1. The summed E-state index contributed by atoms with van der Waals surface area (Å²) < 4.78 is 15.1. The molecule has 0 fully saturated rings. The predicted octanol–water partition coefficient (Wildman–Crippen LogP) is 2.54. The molecule has 0 radical (unpaired) electrons. The molecule has 1 amide bonds. The van der Waals surface area contributed by atoms with Crippen molar-refractivity contribution >= 4 is 23.8 Å². The van der Waals surface area contributed by atoms with E-state index < -0.39 is 25.1 Å². The second kappa shape index (κ2) is 10.6. The molecule has 0 aliphatic heterocycles. The fourth-order valence-electron chi connectivity index (χ4n) is 2.17. The minimum atomic E-state index is -0.710. The first-order chi connectivity index (χ1) is 13.5. The molecule has 1 N–H and O–H groups in total. The molecule has 28 heavy (non-hydrogen) atoms. The molecule has 0 spiro atoms. The zero-order valence-electron chi connectivity index (χ0n) is 15.9.